The van der Waals surface area contributed by atoms with E-state index in [0.29, 0.717) is 17.3 Å². The highest BCUT2D eigenvalue weighted by molar-refractivity contribution is 5.86. The van der Waals surface area contributed by atoms with Crippen LogP contribution in [0.4, 0.5) is 0 Å². The van der Waals surface area contributed by atoms with Crippen molar-refractivity contribution in [2.24, 2.45) is 0 Å². The highest BCUT2D eigenvalue weighted by Gasteiger charge is 2.07. The maximum Gasteiger partial charge on any atom is 0.338 e. The molecular formula is C11H9N3O3. The second-order valence-electron chi connectivity index (χ2n) is 3.18. The lowest BCUT2D eigenvalue weighted by Crippen LogP contribution is -2.00. The zero-order valence-electron chi connectivity index (χ0n) is 8.99. The number of methoxy groups -OCH3 is 1. The van der Waals surface area contributed by atoms with Crippen LogP contribution in [-0.2, 0) is 0 Å². The number of carbonyl (C=O) groups is 1. The Morgan fingerprint density at radius 2 is 2.00 bits per heavy atom. The lowest BCUT2D eigenvalue weighted by molar-refractivity contribution is 0.0696. The van der Waals surface area contributed by atoms with E-state index in [9.17, 15) is 4.79 Å². The molecule has 0 aliphatic heterocycles. The zero-order chi connectivity index (χ0) is 12.3. The summed E-state index contributed by atoms with van der Waals surface area (Å²) in [5.74, 6) is -0.0648. The van der Waals surface area contributed by atoms with E-state index in [4.69, 9.17) is 9.84 Å². The van der Waals surface area contributed by atoms with Crippen molar-refractivity contribution in [2.75, 3.05) is 7.11 Å². The first-order valence-electron chi connectivity index (χ1n) is 4.76. The first kappa shape index (κ1) is 11.0. The van der Waals surface area contributed by atoms with Crippen LogP contribution >= 0.6 is 0 Å². The maximum atomic E-state index is 10.6. The third-order valence-electron chi connectivity index (χ3n) is 2.09. The fourth-order valence-corrected chi connectivity index (χ4v) is 1.23. The van der Waals surface area contributed by atoms with Crippen LogP contribution < -0.4 is 4.74 Å². The Bertz CT molecular complexity index is 540. The van der Waals surface area contributed by atoms with Crippen molar-refractivity contribution in [1.82, 2.24) is 15.0 Å². The Balaban J connectivity index is 2.36. The topological polar surface area (TPSA) is 85.2 Å². The first-order valence-corrected chi connectivity index (χ1v) is 4.76. The quantitative estimate of drug-likeness (QED) is 0.855. The molecule has 6 nitrogen and oxygen atoms in total. The molecule has 0 saturated heterocycles. The molecule has 0 saturated carbocycles. The van der Waals surface area contributed by atoms with Crippen molar-refractivity contribution in [3.8, 4) is 17.3 Å². The van der Waals surface area contributed by atoms with Crippen LogP contribution in [0.25, 0.3) is 11.5 Å². The van der Waals surface area contributed by atoms with Crippen LogP contribution in [0.3, 0.4) is 0 Å². The minimum absolute atomic E-state index is 0.0386. The van der Waals surface area contributed by atoms with E-state index in [1.807, 2.05) is 0 Å². The number of rotatable bonds is 3. The van der Waals surface area contributed by atoms with Gasteiger partial charge in [0.15, 0.2) is 5.82 Å². The minimum atomic E-state index is -1.06. The molecule has 2 aromatic rings. The van der Waals surface area contributed by atoms with E-state index >= 15 is 0 Å². The predicted molar refractivity (Wildman–Crippen MR) is 58.8 cm³/mol. The van der Waals surface area contributed by atoms with Crippen LogP contribution in [0.15, 0.2) is 30.7 Å². The number of pyridine rings is 1. The molecule has 0 aliphatic rings. The van der Waals surface area contributed by atoms with Gasteiger partial charge in [0.25, 0.3) is 0 Å². The van der Waals surface area contributed by atoms with Gasteiger partial charge in [-0.2, -0.15) is 0 Å². The fraction of sp³-hybridized carbons (Fsp3) is 0.0909. The third kappa shape index (κ3) is 2.36. The molecule has 2 aromatic heterocycles. The Hall–Kier alpha value is -2.50. The summed E-state index contributed by atoms with van der Waals surface area (Å²) in [6, 6.07) is 3.38. The number of nitrogens with zero attached hydrogens (tertiary/aromatic N) is 3. The summed E-state index contributed by atoms with van der Waals surface area (Å²) in [5, 5.41) is 8.71. The van der Waals surface area contributed by atoms with Gasteiger partial charge in [-0.15, -0.1) is 0 Å². The second-order valence-corrected chi connectivity index (χ2v) is 3.18. The average molecular weight is 231 g/mol. The normalized spacial score (nSPS) is 9.94. The zero-order valence-corrected chi connectivity index (χ0v) is 8.99. The molecule has 0 amide bonds. The summed E-state index contributed by atoms with van der Waals surface area (Å²) in [6.45, 7) is 0. The monoisotopic (exact) mass is 231 g/mol. The van der Waals surface area contributed by atoms with Gasteiger partial charge in [0.2, 0.25) is 0 Å². The van der Waals surface area contributed by atoms with E-state index in [1.54, 1.807) is 25.4 Å². The summed E-state index contributed by atoms with van der Waals surface area (Å²) < 4.78 is 5.05. The molecule has 0 spiro atoms. The van der Waals surface area contributed by atoms with Gasteiger partial charge in [-0.25, -0.2) is 14.8 Å². The van der Waals surface area contributed by atoms with Crippen LogP contribution in [0.5, 0.6) is 5.75 Å². The van der Waals surface area contributed by atoms with Gasteiger partial charge in [-0.05, 0) is 6.07 Å². The first-order chi connectivity index (χ1) is 8.20. The number of ether oxygens (including phenoxy) is 1. The summed E-state index contributed by atoms with van der Waals surface area (Å²) >= 11 is 0. The summed E-state index contributed by atoms with van der Waals surface area (Å²) in [7, 11) is 1.55. The number of aromatic carboxylic acids is 1. The van der Waals surface area contributed by atoms with Crippen LogP contribution in [0.1, 0.15) is 10.4 Å². The molecule has 0 radical (unpaired) electrons. The van der Waals surface area contributed by atoms with Gasteiger partial charge in [0.05, 0.1) is 12.7 Å². The fourth-order valence-electron chi connectivity index (χ4n) is 1.23. The Kier molecular flexibility index (Phi) is 2.95. The van der Waals surface area contributed by atoms with Gasteiger partial charge < -0.3 is 9.84 Å². The Labute approximate surface area is 96.9 Å². The smallest absolute Gasteiger partial charge is 0.338 e. The number of carboxylic acid groups (broad SMARTS) is 1. The van der Waals surface area contributed by atoms with Gasteiger partial charge in [-0.1, -0.05) is 0 Å². The maximum absolute atomic E-state index is 10.6. The Morgan fingerprint density at radius 1 is 1.29 bits per heavy atom. The molecular weight excluding hydrogens is 222 g/mol. The van der Waals surface area contributed by atoms with Crippen molar-refractivity contribution >= 4 is 5.97 Å². The average Bonchev–Trinajstić information content (AvgIpc) is 2.39. The van der Waals surface area contributed by atoms with Crippen molar-refractivity contribution in [3.63, 3.8) is 0 Å². The molecule has 2 rings (SSSR count). The van der Waals surface area contributed by atoms with E-state index in [1.165, 1.54) is 12.4 Å². The lowest BCUT2D eigenvalue weighted by atomic mass is 10.3. The molecule has 0 fully saturated rings. The highest BCUT2D eigenvalue weighted by atomic mass is 16.5. The van der Waals surface area contributed by atoms with E-state index in [0.717, 1.165) is 0 Å². The molecule has 0 bridgehead atoms. The van der Waals surface area contributed by atoms with Crippen LogP contribution in [0, 0.1) is 0 Å². The third-order valence-corrected chi connectivity index (χ3v) is 2.09. The van der Waals surface area contributed by atoms with Gasteiger partial charge in [0.1, 0.15) is 11.4 Å². The highest BCUT2D eigenvalue weighted by Crippen LogP contribution is 2.17. The van der Waals surface area contributed by atoms with Crippen molar-refractivity contribution in [3.05, 3.63) is 36.3 Å². The lowest BCUT2D eigenvalue weighted by Gasteiger charge is -2.02. The molecule has 0 unspecified atom stereocenters. The van der Waals surface area contributed by atoms with Crippen LogP contribution in [0.2, 0.25) is 0 Å². The van der Waals surface area contributed by atoms with Gasteiger partial charge in [0, 0.05) is 24.7 Å². The van der Waals surface area contributed by atoms with E-state index < -0.39 is 5.97 Å². The van der Waals surface area contributed by atoms with E-state index in [-0.39, 0.29) is 5.56 Å². The largest absolute Gasteiger partial charge is 0.497 e. The standard InChI is InChI=1S/C11H9N3O3/c1-17-8-2-3-12-9(4-8)10-13-5-7(6-14-10)11(15)16/h2-6H,1H3,(H,15,16). The van der Waals surface area contributed by atoms with E-state index in [2.05, 4.69) is 15.0 Å². The number of hydrogen-bond donors (Lipinski definition) is 1. The predicted octanol–water partition coefficient (Wildman–Crippen LogP) is 1.25. The molecule has 1 N–H and O–H groups in total. The van der Waals surface area contributed by atoms with Gasteiger partial charge >= 0.3 is 5.97 Å². The molecule has 2 heterocycles. The van der Waals surface area contributed by atoms with Crippen molar-refractivity contribution in [2.45, 2.75) is 0 Å². The molecule has 6 heteroatoms. The summed E-state index contributed by atoms with van der Waals surface area (Å²) in [5.41, 5.74) is 0.568. The summed E-state index contributed by atoms with van der Waals surface area (Å²) in [4.78, 5) is 22.6. The number of carboxylic acids is 1. The minimum Gasteiger partial charge on any atom is -0.497 e. The SMILES string of the molecule is COc1ccnc(-c2ncc(C(=O)O)cn2)c1. The number of hydrogen-bond acceptors (Lipinski definition) is 5. The molecule has 17 heavy (non-hydrogen) atoms. The van der Waals surface area contributed by atoms with Crippen LogP contribution in [-0.4, -0.2) is 33.1 Å². The van der Waals surface area contributed by atoms with Crippen molar-refractivity contribution in [1.29, 1.82) is 0 Å². The molecule has 0 aliphatic carbocycles. The Morgan fingerprint density at radius 3 is 2.59 bits per heavy atom. The van der Waals surface area contributed by atoms with Crippen molar-refractivity contribution < 1.29 is 14.6 Å². The molecule has 86 valence electrons. The van der Waals surface area contributed by atoms with Gasteiger partial charge in [-0.3, -0.25) is 4.98 Å². The second kappa shape index (κ2) is 4.56. The summed E-state index contributed by atoms with van der Waals surface area (Å²) in [6.07, 6.45) is 4.06. The molecule has 0 aromatic carbocycles. The molecule has 0 atom stereocenters. The number of aromatic nitrogens is 3.